The molecule has 0 atom stereocenters. The number of anilines is 1. The molecule has 0 saturated heterocycles. The van der Waals surface area contributed by atoms with Gasteiger partial charge < -0.3 is 14.8 Å². The summed E-state index contributed by atoms with van der Waals surface area (Å²) in [6, 6.07) is 6.13. The van der Waals surface area contributed by atoms with Crippen LogP contribution in [0, 0.1) is 0 Å². The molecule has 1 aromatic carbocycles. The highest BCUT2D eigenvalue weighted by molar-refractivity contribution is 5.94. The van der Waals surface area contributed by atoms with Gasteiger partial charge in [-0.1, -0.05) is 12.8 Å². The van der Waals surface area contributed by atoms with E-state index in [1.807, 2.05) is 18.3 Å². The van der Waals surface area contributed by atoms with E-state index in [0.29, 0.717) is 13.2 Å². The van der Waals surface area contributed by atoms with Crippen LogP contribution in [0.25, 0.3) is 10.8 Å². The summed E-state index contributed by atoms with van der Waals surface area (Å²) in [4.78, 5) is 4.56. The van der Waals surface area contributed by atoms with E-state index in [9.17, 15) is 0 Å². The van der Waals surface area contributed by atoms with Crippen LogP contribution in [0.2, 0.25) is 0 Å². The first-order valence-electron chi connectivity index (χ1n) is 7.70. The maximum absolute atomic E-state index is 5.70. The second-order valence-electron chi connectivity index (χ2n) is 6.27. The molecule has 1 N–H and O–H groups in total. The molecule has 1 fully saturated rings. The first kappa shape index (κ1) is 12.7. The highest BCUT2D eigenvalue weighted by Crippen LogP contribution is 2.38. The predicted molar refractivity (Wildman–Crippen MR) is 83.2 cm³/mol. The van der Waals surface area contributed by atoms with Gasteiger partial charge in [0.2, 0.25) is 0 Å². The number of rotatable bonds is 2. The Hall–Kier alpha value is -1.97. The number of hydrogen-bond acceptors (Lipinski definition) is 4. The van der Waals surface area contributed by atoms with Gasteiger partial charge in [-0.25, -0.2) is 4.98 Å². The fourth-order valence-corrected chi connectivity index (χ4v) is 3.37. The second kappa shape index (κ2) is 4.79. The normalized spacial score (nSPS) is 19.7. The maximum Gasteiger partial charge on any atom is 0.162 e. The summed E-state index contributed by atoms with van der Waals surface area (Å²) in [5, 5.41) is 5.90. The summed E-state index contributed by atoms with van der Waals surface area (Å²) in [6.45, 7) is 3.52. The van der Waals surface area contributed by atoms with Crippen molar-refractivity contribution in [2.24, 2.45) is 0 Å². The summed E-state index contributed by atoms with van der Waals surface area (Å²) < 4.78 is 11.4. The number of hydrogen-bond donors (Lipinski definition) is 1. The van der Waals surface area contributed by atoms with Crippen LogP contribution in [-0.4, -0.2) is 23.7 Å². The van der Waals surface area contributed by atoms with Crippen molar-refractivity contribution in [3.63, 3.8) is 0 Å². The molecule has 0 radical (unpaired) electrons. The molecule has 0 unspecified atom stereocenters. The lowest BCUT2D eigenvalue weighted by atomic mass is 10.00. The minimum atomic E-state index is 0.161. The molecule has 4 nitrogen and oxygen atoms in total. The molecule has 1 saturated carbocycles. The molecular formula is C17H20N2O2. The van der Waals surface area contributed by atoms with Gasteiger partial charge in [0.1, 0.15) is 19.0 Å². The molecule has 2 aliphatic rings. The van der Waals surface area contributed by atoms with Crippen molar-refractivity contribution in [2.45, 2.75) is 38.1 Å². The van der Waals surface area contributed by atoms with Crippen molar-refractivity contribution in [2.75, 3.05) is 18.5 Å². The van der Waals surface area contributed by atoms with Gasteiger partial charge in [-0.05, 0) is 43.4 Å². The smallest absolute Gasteiger partial charge is 0.162 e. The molecule has 1 aliphatic carbocycles. The van der Waals surface area contributed by atoms with Gasteiger partial charge in [0, 0.05) is 17.1 Å². The zero-order valence-corrected chi connectivity index (χ0v) is 12.3. The molecule has 0 spiro atoms. The van der Waals surface area contributed by atoms with Crippen LogP contribution in [0.1, 0.15) is 32.6 Å². The monoisotopic (exact) mass is 284 g/mol. The van der Waals surface area contributed by atoms with E-state index < -0.39 is 0 Å². The number of fused-ring (bicyclic) bond motifs is 2. The lowest BCUT2D eigenvalue weighted by Crippen LogP contribution is -2.31. The van der Waals surface area contributed by atoms with Gasteiger partial charge in [0.15, 0.2) is 11.5 Å². The third-order valence-electron chi connectivity index (χ3n) is 4.55. The molecule has 21 heavy (non-hydrogen) atoms. The van der Waals surface area contributed by atoms with Gasteiger partial charge >= 0.3 is 0 Å². The van der Waals surface area contributed by atoms with Gasteiger partial charge in [-0.3, -0.25) is 0 Å². The molecule has 2 aromatic rings. The average molecular weight is 284 g/mol. The van der Waals surface area contributed by atoms with E-state index >= 15 is 0 Å². The standard InChI is InChI=1S/C17H20N2O2/c1-17(5-2-3-6-17)19-16-13-11-15-14(20-8-9-21-15)10-12(13)4-7-18-16/h4,7,10-11H,2-3,5-6,8-9H2,1H3,(H,18,19). The first-order valence-corrected chi connectivity index (χ1v) is 7.70. The Labute approximate surface area is 124 Å². The molecule has 2 heterocycles. The van der Waals surface area contributed by atoms with E-state index in [4.69, 9.17) is 9.47 Å². The fraction of sp³-hybridized carbons (Fsp3) is 0.471. The van der Waals surface area contributed by atoms with Crippen molar-refractivity contribution < 1.29 is 9.47 Å². The molecule has 0 amide bonds. The Morgan fingerprint density at radius 2 is 1.81 bits per heavy atom. The molecule has 1 aliphatic heterocycles. The third-order valence-corrected chi connectivity index (χ3v) is 4.55. The number of aromatic nitrogens is 1. The maximum atomic E-state index is 5.70. The number of nitrogens with zero attached hydrogens (tertiary/aromatic N) is 1. The van der Waals surface area contributed by atoms with Crippen LogP contribution >= 0.6 is 0 Å². The largest absolute Gasteiger partial charge is 0.486 e. The van der Waals surface area contributed by atoms with E-state index in [1.54, 1.807) is 0 Å². The van der Waals surface area contributed by atoms with Gasteiger partial charge in [0.05, 0.1) is 0 Å². The lowest BCUT2D eigenvalue weighted by molar-refractivity contribution is 0.172. The minimum Gasteiger partial charge on any atom is -0.486 e. The van der Waals surface area contributed by atoms with Crippen LogP contribution in [-0.2, 0) is 0 Å². The highest BCUT2D eigenvalue weighted by atomic mass is 16.6. The molecule has 4 rings (SSSR count). The van der Waals surface area contributed by atoms with Gasteiger partial charge in [0.25, 0.3) is 0 Å². The first-order chi connectivity index (χ1) is 10.2. The van der Waals surface area contributed by atoms with Crippen molar-refractivity contribution >= 4 is 16.6 Å². The summed E-state index contributed by atoms with van der Waals surface area (Å²) in [5.74, 6) is 2.60. The number of nitrogens with one attached hydrogen (secondary N) is 1. The molecule has 4 heteroatoms. The van der Waals surface area contributed by atoms with Gasteiger partial charge in [-0.2, -0.15) is 0 Å². The Kier molecular flexibility index (Phi) is 2.91. The van der Waals surface area contributed by atoms with E-state index in [1.165, 1.54) is 25.7 Å². The summed E-state index contributed by atoms with van der Waals surface area (Å²) in [5.41, 5.74) is 0.161. The zero-order valence-electron chi connectivity index (χ0n) is 12.3. The Balaban J connectivity index is 1.78. The van der Waals surface area contributed by atoms with Crippen LogP contribution in [0.3, 0.4) is 0 Å². The quantitative estimate of drug-likeness (QED) is 0.912. The Morgan fingerprint density at radius 3 is 2.57 bits per heavy atom. The van der Waals surface area contributed by atoms with E-state index in [-0.39, 0.29) is 5.54 Å². The minimum absolute atomic E-state index is 0.161. The van der Waals surface area contributed by atoms with Crippen molar-refractivity contribution in [1.82, 2.24) is 4.98 Å². The summed E-state index contributed by atoms with van der Waals surface area (Å²) in [6.07, 6.45) is 6.85. The topological polar surface area (TPSA) is 43.4 Å². The molecule has 110 valence electrons. The lowest BCUT2D eigenvalue weighted by Gasteiger charge is -2.27. The zero-order chi connectivity index (χ0) is 14.3. The number of pyridine rings is 1. The fourth-order valence-electron chi connectivity index (χ4n) is 3.37. The average Bonchev–Trinajstić information content (AvgIpc) is 2.92. The third kappa shape index (κ3) is 2.28. The second-order valence-corrected chi connectivity index (χ2v) is 6.27. The SMILES string of the molecule is CC1(Nc2nccc3cc4c(cc23)OCCO4)CCCC1. The number of ether oxygens (including phenoxy) is 2. The van der Waals surface area contributed by atoms with Crippen LogP contribution in [0.4, 0.5) is 5.82 Å². The van der Waals surface area contributed by atoms with Crippen molar-refractivity contribution in [1.29, 1.82) is 0 Å². The summed E-state index contributed by atoms with van der Waals surface area (Å²) >= 11 is 0. The predicted octanol–water partition coefficient (Wildman–Crippen LogP) is 3.75. The molecule has 0 bridgehead atoms. The van der Waals surface area contributed by atoms with Crippen LogP contribution < -0.4 is 14.8 Å². The number of benzene rings is 1. The highest BCUT2D eigenvalue weighted by Gasteiger charge is 2.29. The van der Waals surface area contributed by atoms with Gasteiger partial charge in [-0.15, -0.1) is 0 Å². The van der Waals surface area contributed by atoms with Crippen molar-refractivity contribution in [3.05, 3.63) is 24.4 Å². The summed E-state index contributed by atoms with van der Waals surface area (Å²) in [7, 11) is 0. The molecule has 1 aromatic heterocycles. The Bertz CT molecular complexity index is 678. The van der Waals surface area contributed by atoms with E-state index in [0.717, 1.165) is 28.1 Å². The molecular weight excluding hydrogens is 264 g/mol. The van der Waals surface area contributed by atoms with Crippen molar-refractivity contribution in [3.8, 4) is 11.5 Å². The van der Waals surface area contributed by atoms with Crippen LogP contribution in [0.15, 0.2) is 24.4 Å². The van der Waals surface area contributed by atoms with E-state index in [2.05, 4.69) is 23.3 Å². The Morgan fingerprint density at radius 1 is 1.10 bits per heavy atom. The van der Waals surface area contributed by atoms with Crippen LogP contribution in [0.5, 0.6) is 11.5 Å².